The van der Waals surface area contributed by atoms with Gasteiger partial charge in [0.25, 0.3) is 5.69 Å². The number of anilines is 1. The van der Waals surface area contributed by atoms with E-state index >= 15 is 0 Å². The molecule has 0 aliphatic rings. The zero-order valence-corrected chi connectivity index (χ0v) is 13.0. The highest BCUT2D eigenvalue weighted by Crippen LogP contribution is 2.26. The molecule has 0 spiro atoms. The molecule has 0 unspecified atom stereocenters. The molecule has 3 aromatic rings. The predicted molar refractivity (Wildman–Crippen MR) is 85.5 cm³/mol. The maximum atomic E-state index is 10.9. The molecule has 6 nitrogen and oxygen atoms in total. The third-order valence-electron chi connectivity index (χ3n) is 2.89. The minimum absolute atomic E-state index is 0.0271. The lowest BCUT2D eigenvalue weighted by atomic mass is 10.2. The topological polar surface area (TPSA) is 81.0 Å². The first-order chi connectivity index (χ1) is 10.1. The number of nitro groups is 1. The van der Waals surface area contributed by atoms with Gasteiger partial charge in [0.1, 0.15) is 12.1 Å². The summed E-state index contributed by atoms with van der Waals surface area (Å²) in [7, 11) is 0. The second kappa shape index (κ2) is 5.74. The number of hydrogen-bond donors (Lipinski definition) is 1. The van der Waals surface area contributed by atoms with Crippen molar-refractivity contribution in [1.29, 1.82) is 0 Å². The van der Waals surface area contributed by atoms with Crippen LogP contribution in [0, 0.1) is 10.1 Å². The number of halogens is 1. The van der Waals surface area contributed by atoms with Crippen molar-refractivity contribution in [2.75, 3.05) is 5.32 Å². The highest BCUT2D eigenvalue weighted by molar-refractivity contribution is 9.11. The molecule has 0 aliphatic heterocycles. The van der Waals surface area contributed by atoms with Gasteiger partial charge in [0, 0.05) is 22.4 Å². The van der Waals surface area contributed by atoms with Gasteiger partial charge in [0.05, 0.1) is 20.8 Å². The summed E-state index contributed by atoms with van der Waals surface area (Å²) < 4.78 is 1.06. The molecule has 0 bridgehead atoms. The SMILES string of the molecule is O=[N+]([O-])c1ccc2ncnc(NCc3ccc(Br)s3)c2c1. The molecule has 0 saturated heterocycles. The molecule has 8 heteroatoms. The number of thiophene rings is 1. The van der Waals surface area contributed by atoms with E-state index in [0.29, 0.717) is 23.3 Å². The van der Waals surface area contributed by atoms with E-state index in [0.717, 1.165) is 8.66 Å². The van der Waals surface area contributed by atoms with Gasteiger partial charge in [-0.15, -0.1) is 11.3 Å². The van der Waals surface area contributed by atoms with E-state index < -0.39 is 4.92 Å². The van der Waals surface area contributed by atoms with E-state index in [2.05, 4.69) is 31.2 Å². The monoisotopic (exact) mass is 364 g/mol. The number of nitrogens with zero attached hydrogens (tertiary/aromatic N) is 3. The Balaban J connectivity index is 1.93. The number of hydrogen-bond acceptors (Lipinski definition) is 6. The Labute approximate surface area is 132 Å². The minimum Gasteiger partial charge on any atom is -0.365 e. The van der Waals surface area contributed by atoms with Crippen LogP contribution in [-0.4, -0.2) is 14.9 Å². The summed E-state index contributed by atoms with van der Waals surface area (Å²) in [6.45, 7) is 0.602. The van der Waals surface area contributed by atoms with Crippen LogP contribution < -0.4 is 5.32 Å². The van der Waals surface area contributed by atoms with Gasteiger partial charge in [-0.2, -0.15) is 0 Å². The number of nitrogens with one attached hydrogen (secondary N) is 1. The third-order valence-corrected chi connectivity index (χ3v) is 4.51. The average Bonchev–Trinajstić information content (AvgIpc) is 2.90. The van der Waals surface area contributed by atoms with Crippen LogP contribution in [0.4, 0.5) is 11.5 Å². The largest absolute Gasteiger partial charge is 0.365 e. The summed E-state index contributed by atoms with van der Waals surface area (Å²) >= 11 is 5.04. The molecule has 2 heterocycles. The van der Waals surface area contributed by atoms with Crippen LogP contribution in [-0.2, 0) is 6.54 Å². The Morgan fingerprint density at radius 2 is 2.14 bits per heavy atom. The maximum Gasteiger partial charge on any atom is 0.270 e. The second-order valence-electron chi connectivity index (χ2n) is 4.24. The standard InChI is InChI=1S/C13H9BrN4O2S/c14-12-4-2-9(21-12)6-15-13-10-5-8(18(19)20)1-3-11(10)16-7-17-13/h1-5,7H,6H2,(H,15,16,17). The van der Waals surface area contributed by atoms with Crippen LogP contribution >= 0.6 is 27.3 Å². The molecule has 1 N–H and O–H groups in total. The van der Waals surface area contributed by atoms with Gasteiger partial charge in [-0.25, -0.2) is 9.97 Å². The molecule has 21 heavy (non-hydrogen) atoms. The van der Waals surface area contributed by atoms with Crippen molar-refractivity contribution in [1.82, 2.24) is 9.97 Å². The molecular formula is C13H9BrN4O2S. The first-order valence-corrected chi connectivity index (χ1v) is 7.61. The van der Waals surface area contributed by atoms with Gasteiger partial charge >= 0.3 is 0 Å². The van der Waals surface area contributed by atoms with Crippen molar-refractivity contribution in [2.24, 2.45) is 0 Å². The van der Waals surface area contributed by atoms with Gasteiger partial charge in [0.15, 0.2) is 0 Å². The van der Waals surface area contributed by atoms with Gasteiger partial charge in [-0.05, 0) is 34.1 Å². The molecule has 0 saturated carbocycles. The summed E-state index contributed by atoms with van der Waals surface area (Å²) in [5, 5.41) is 14.7. The first kappa shape index (κ1) is 13.9. The molecule has 1 aromatic carbocycles. The molecule has 3 rings (SSSR count). The van der Waals surface area contributed by atoms with Crippen molar-refractivity contribution in [3.8, 4) is 0 Å². The second-order valence-corrected chi connectivity index (χ2v) is 6.79. The summed E-state index contributed by atoms with van der Waals surface area (Å²) in [4.78, 5) is 19.9. The Hall–Kier alpha value is -2.06. The van der Waals surface area contributed by atoms with E-state index in [4.69, 9.17) is 0 Å². The lowest BCUT2D eigenvalue weighted by Crippen LogP contribution is -2.01. The van der Waals surface area contributed by atoms with Crippen LogP contribution in [0.3, 0.4) is 0 Å². The van der Waals surface area contributed by atoms with Crippen LogP contribution in [0.15, 0.2) is 40.4 Å². The fraction of sp³-hybridized carbons (Fsp3) is 0.0769. The molecule has 0 fully saturated rings. The predicted octanol–water partition coefficient (Wildman–Crippen LogP) is 3.97. The molecule has 0 radical (unpaired) electrons. The summed E-state index contributed by atoms with van der Waals surface area (Å²) in [5.74, 6) is 0.591. The number of rotatable bonds is 4. The van der Waals surface area contributed by atoms with E-state index in [9.17, 15) is 10.1 Å². The lowest BCUT2D eigenvalue weighted by Gasteiger charge is -2.07. The van der Waals surface area contributed by atoms with Crippen molar-refractivity contribution in [3.63, 3.8) is 0 Å². The first-order valence-electron chi connectivity index (χ1n) is 6.01. The molecule has 0 atom stereocenters. The number of fused-ring (bicyclic) bond motifs is 1. The number of aromatic nitrogens is 2. The highest BCUT2D eigenvalue weighted by atomic mass is 79.9. The van der Waals surface area contributed by atoms with Gasteiger partial charge in [-0.3, -0.25) is 10.1 Å². The van der Waals surface area contributed by atoms with Crippen LogP contribution in [0.25, 0.3) is 10.9 Å². The summed E-state index contributed by atoms with van der Waals surface area (Å²) in [6, 6.07) is 8.54. The fourth-order valence-corrected chi connectivity index (χ4v) is 3.34. The Morgan fingerprint density at radius 3 is 2.86 bits per heavy atom. The summed E-state index contributed by atoms with van der Waals surface area (Å²) in [5.41, 5.74) is 0.699. The zero-order chi connectivity index (χ0) is 14.8. The maximum absolute atomic E-state index is 10.9. The van der Waals surface area contributed by atoms with Crippen molar-refractivity contribution in [2.45, 2.75) is 6.54 Å². The minimum atomic E-state index is -0.424. The van der Waals surface area contributed by atoms with Crippen LogP contribution in [0.1, 0.15) is 4.88 Å². The molecular weight excluding hydrogens is 356 g/mol. The van der Waals surface area contributed by atoms with Crippen molar-refractivity contribution >= 4 is 49.7 Å². The van der Waals surface area contributed by atoms with Gasteiger partial charge in [-0.1, -0.05) is 0 Å². The fourth-order valence-electron chi connectivity index (χ4n) is 1.92. The van der Waals surface area contributed by atoms with Gasteiger partial charge in [0.2, 0.25) is 0 Å². The Kier molecular flexibility index (Phi) is 3.80. The number of benzene rings is 1. The zero-order valence-electron chi connectivity index (χ0n) is 10.6. The van der Waals surface area contributed by atoms with Crippen LogP contribution in [0.5, 0.6) is 0 Å². The van der Waals surface area contributed by atoms with E-state index in [1.807, 2.05) is 12.1 Å². The smallest absolute Gasteiger partial charge is 0.270 e. The number of nitro benzene ring substituents is 1. The van der Waals surface area contributed by atoms with E-state index in [1.54, 1.807) is 17.4 Å². The van der Waals surface area contributed by atoms with Crippen LogP contribution in [0.2, 0.25) is 0 Å². The lowest BCUT2D eigenvalue weighted by molar-refractivity contribution is -0.384. The molecule has 106 valence electrons. The average molecular weight is 365 g/mol. The number of non-ortho nitro benzene ring substituents is 1. The van der Waals surface area contributed by atoms with E-state index in [-0.39, 0.29) is 5.69 Å². The van der Waals surface area contributed by atoms with Crippen molar-refractivity contribution in [3.05, 3.63) is 55.4 Å². The third kappa shape index (κ3) is 3.01. The quantitative estimate of drug-likeness (QED) is 0.559. The Morgan fingerprint density at radius 1 is 1.29 bits per heavy atom. The van der Waals surface area contributed by atoms with Gasteiger partial charge < -0.3 is 5.32 Å². The van der Waals surface area contributed by atoms with Crippen molar-refractivity contribution < 1.29 is 4.92 Å². The summed E-state index contributed by atoms with van der Waals surface area (Å²) in [6.07, 6.45) is 1.45. The molecule has 0 aliphatic carbocycles. The Bertz CT molecular complexity index is 821. The molecule has 2 aromatic heterocycles. The normalized spacial score (nSPS) is 10.7. The molecule has 0 amide bonds. The highest BCUT2D eigenvalue weighted by Gasteiger charge is 2.10. The van der Waals surface area contributed by atoms with E-state index in [1.165, 1.54) is 18.5 Å².